The van der Waals surface area contributed by atoms with Crippen LogP contribution >= 0.6 is 11.3 Å². The summed E-state index contributed by atoms with van der Waals surface area (Å²) in [5.74, 6) is 0.199. The van der Waals surface area contributed by atoms with Crippen molar-refractivity contribution in [2.75, 3.05) is 0 Å². The van der Waals surface area contributed by atoms with E-state index in [-0.39, 0.29) is 11.4 Å². The predicted molar refractivity (Wildman–Crippen MR) is 58.7 cm³/mol. The van der Waals surface area contributed by atoms with Crippen LogP contribution in [-0.2, 0) is 6.18 Å². The Labute approximate surface area is 94.9 Å². The summed E-state index contributed by atoms with van der Waals surface area (Å²) in [6, 6.07) is 1.78. The highest BCUT2D eigenvalue weighted by Crippen LogP contribution is 2.39. The zero-order valence-corrected chi connectivity index (χ0v) is 9.62. The molecule has 16 heavy (non-hydrogen) atoms. The Morgan fingerprint density at radius 3 is 2.56 bits per heavy atom. The molecule has 2 aromatic heterocycles. The standard InChI is InChI=1S/C11H10F3NS/c1-6(2)7-3-4-15-9-8(11(12,13)14)5-16-10(7)9/h3-6H,1-2H3. The third-order valence-corrected chi connectivity index (χ3v) is 3.43. The summed E-state index contributed by atoms with van der Waals surface area (Å²) >= 11 is 1.11. The van der Waals surface area contributed by atoms with Crippen LogP contribution in [0.3, 0.4) is 0 Å². The first kappa shape index (κ1) is 11.4. The van der Waals surface area contributed by atoms with E-state index in [0.29, 0.717) is 4.70 Å². The smallest absolute Gasteiger partial charge is 0.255 e. The summed E-state index contributed by atoms with van der Waals surface area (Å²) < 4.78 is 38.6. The number of thiophene rings is 1. The molecule has 0 fully saturated rings. The fraction of sp³-hybridized carbons (Fsp3) is 0.364. The van der Waals surface area contributed by atoms with Crippen molar-refractivity contribution < 1.29 is 13.2 Å². The molecule has 2 aromatic rings. The molecule has 0 radical (unpaired) electrons. The molecular formula is C11H10F3NS. The van der Waals surface area contributed by atoms with Crippen LogP contribution in [0.5, 0.6) is 0 Å². The molecule has 0 spiro atoms. The number of nitrogens with zero attached hydrogens (tertiary/aromatic N) is 1. The largest absolute Gasteiger partial charge is 0.419 e. The van der Waals surface area contributed by atoms with Crippen molar-refractivity contribution in [2.45, 2.75) is 25.9 Å². The molecule has 0 amide bonds. The number of halogens is 3. The van der Waals surface area contributed by atoms with Gasteiger partial charge in [-0.1, -0.05) is 13.8 Å². The minimum absolute atomic E-state index is 0.0729. The van der Waals surface area contributed by atoms with Gasteiger partial charge in [-0.15, -0.1) is 11.3 Å². The fourth-order valence-electron chi connectivity index (χ4n) is 1.61. The normalized spacial score (nSPS) is 12.6. The molecule has 86 valence electrons. The number of hydrogen-bond acceptors (Lipinski definition) is 2. The van der Waals surface area contributed by atoms with Gasteiger partial charge in [0.15, 0.2) is 0 Å². The van der Waals surface area contributed by atoms with Crippen LogP contribution < -0.4 is 0 Å². The molecule has 0 aliphatic heterocycles. The van der Waals surface area contributed by atoms with E-state index in [4.69, 9.17) is 0 Å². The maximum Gasteiger partial charge on any atom is 0.419 e. The van der Waals surface area contributed by atoms with E-state index in [9.17, 15) is 13.2 Å². The van der Waals surface area contributed by atoms with Crippen molar-refractivity contribution in [1.29, 1.82) is 0 Å². The summed E-state index contributed by atoms with van der Waals surface area (Å²) in [4.78, 5) is 3.84. The number of fused-ring (bicyclic) bond motifs is 1. The van der Waals surface area contributed by atoms with Gasteiger partial charge in [0.05, 0.1) is 15.8 Å². The summed E-state index contributed by atoms with van der Waals surface area (Å²) in [7, 11) is 0. The quantitative estimate of drug-likeness (QED) is 0.723. The van der Waals surface area contributed by atoms with Gasteiger partial charge in [-0.05, 0) is 17.5 Å². The SMILES string of the molecule is CC(C)c1ccnc2c(C(F)(F)F)csc12. The number of hydrogen-bond donors (Lipinski definition) is 0. The average molecular weight is 245 g/mol. The van der Waals surface area contributed by atoms with Gasteiger partial charge in [-0.2, -0.15) is 13.2 Å². The van der Waals surface area contributed by atoms with Crippen molar-refractivity contribution in [3.05, 3.63) is 28.8 Å². The van der Waals surface area contributed by atoms with Crippen LogP contribution in [0, 0.1) is 0 Å². The van der Waals surface area contributed by atoms with Crippen molar-refractivity contribution in [3.8, 4) is 0 Å². The van der Waals surface area contributed by atoms with Gasteiger partial charge < -0.3 is 0 Å². The highest BCUT2D eigenvalue weighted by Gasteiger charge is 2.34. The van der Waals surface area contributed by atoms with E-state index in [2.05, 4.69) is 4.98 Å². The van der Waals surface area contributed by atoms with Gasteiger partial charge in [0.1, 0.15) is 0 Å². The van der Waals surface area contributed by atoms with Gasteiger partial charge in [0.25, 0.3) is 0 Å². The van der Waals surface area contributed by atoms with E-state index in [0.717, 1.165) is 22.3 Å². The Balaban J connectivity index is 2.71. The Hall–Kier alpha value is -1.10. The number of aromatic nitrogens is 1. The van der Waals surface area contributed by atoms with Crippen LogP contribution in [0.4, 0.5) is 13.2 Å². The lowest BCUT2D eigenvalue weighted by molar-refractivity contribution is -0.136. The molecule has 0 aromatic carbocycles. The van der Waals surface area contributed by atoms with Gasteiger partial charge in [0.2, 0.25) is 0 Å². The first-order chi connectivity index (χ1) is 7.41. The van der Waals surface area contributed by atoms with Crippen molar-refractivity contribution in [2.24, 2.45) is 0 Å². The lowest BCUT2D eigenvalue weighted by Crippen LogP contribution is -2.04. The minimum Gasteiger partial charge on any atom is -0.255 e. The van der Waals surface area contributed by atoms with E-state index >= 15 is 0 Å². The maximum absolute atomic E-state index is 12.7. The Morgan fingerprint density at radius 1 is 1.31 bits per heavy atom. The van der Waals surface area contributed by atoms with Crippen LogP contribution in [0.1, 0.15) is 30.9 Å². The summed E-state index contributed by atoms with van der Waals surface area (Å²) in [5.41, 5.74) is 0.365. The van der Waals surface area contributed by atoms with Crippen molar-refractivity contribution >= 4 is 21.6 Å². The highest BCUT2D eigenvalue weighted by molar-refractivity contribution is 7.17. The van der Waals surface area contributed by atoms with Crippen LogP contribution in [-0.4, -0.2) is 4.98 Å². The second-order valence-electron chi connectivity index (χ2n) is 3.88. The Bertz CT molecular complexity index is 513. The minimum atomic E-state index is -4.32. The third-order valence-electron chi connectivity index (χ3n) is 2.41. The molecule has 0 aliphatic carbocycles. The van der Waals surface area contributed by atoms with Crippen molar-refractivity contribution in [3.63, 3.8) is 0 Å². The monoisotopic (exact) mass is 245 g/mol. The van der Waals surface area contributed by atoms with Crippen molar-refractivity contribution in [1.82, 2.24) is 4.98 Å². The fourth-order valence-corrected chi connectivity index (χ4v) is 2.80. The van der Waals surface area contributed by atoms with E-state index < -0.39 is 11.7 Å². The number of alkyl halides is 3. The Morgan fingerprint density at radius 2 is 2.00 bits per heavy atom. The van der Waals surface area contributed by atoms with E-state index in [1.165, 1.54) is 6.20 Å². The predicted octanol–water partition coefficient (Wildman–Crippen LogP) is 4.44. The lowest BCUT2D eigenvalue weighted by atomic mass is 10.0. The first-order valence-corrected chi connectivity index (χ1v) is 5.72. The zero-order chi connectivity index (χ0) is 11.9. The molecule has 0 aliphatic rings. The molecule has 0 unspecified atom stereocenters. The third kappa shape index (κ3) is 1.80. The molecule has 0 N–H and O–H groups in total. The topological polar surface area (TPSA) is 12.9 Å². The maximum atomic E-state index is 12.7. The summed E-state index contributed by atoms with van der Waals surface area (Å²) in [6.07, 6.45) is -2.87. The van der Waals surface area contributed by atoms with Crippen LogP contribution in [0.25, 0.3) is 10.2 Å². The lowest BCUT2D eigenvalue weighted by Gasteiger charge is -2.07. The molecule has 0 atom stereocenters. The van der Waals surface area contributed by atoms with Gasteiger partial charge in [-0.25, -0.2) is 0 Å². The number of rotatable bonds is 1. The van der Waals surface area contributed by atoms with E-state index in [1.54, 1.807) is 6.07 Å². The molecule has 2 heterocycles. The highest BCUT2D eigenvalue weighted by atomic mass is 32.1. The Kier molecular flexibility index (Phi) is 2.66. The van der Waals surface area contributed by atoms with Crippen LogP contribution in [0.15, 0.2) is 17.6 Å². The summed E-state index contributed by atoms with van der Waals surface area (Å²) in [5, 5.41) is 1.14. The first-order valence-electron chi connectivity index (χ1n) is 4.84. The number of pyridine rings is 1. The molecule has 0 bridgehead atoms. The molecule has 0 saturated heterocycles. The molecule has 5 heteroatoms. The average Bonchev–Trinajstić information content (AvgIpc) is 2.59. The molecule has 2 rings (SSSR count). The van der Waals surface area contributed by atoms with Gasteiger partial charge in [0, 0.05) is 11.6 Å². The molecule has 1 nitrogen and oxygen atoms in total. The van der Waals surface area contributed by atoms with Crippen LogP contribution in [0.2, 0.25) is 0 Å². The van der Waals surface area contributed by atoms with E-state index in [1.807, 2.05) is 13.8 Å². The molecular weight excluding hydrogens is 235 g/mol. The summed E-state index contributed by atoms with van der Waals surface area (Å²) in [6.45, 7) is 3.92. The zero-order valence-electron chi connectivity index (χ0n) is 8.80. The second-order valence-corrected chi connectivity index (χ2v) is 4.76. The second kappa shape index (κ2) is 3.73. The molecule has 0 saturated carbocycles. The van der Waals surface area contributed by atoms with Gasteiger partial charge >= 0.3 is 6.18 Å². The van der Waals surface area contributed by atoms with Gasteiger partial charge in [-0.3, -0.25) is 4.98 Å².